The summed E-state index contributed by atoms with van der Waals surface area (Å²) in [4.78, 5) is 0. The van der Waals surface area contributed by atoms with Crippen molar-refractivity contribution in [1.29, 1.82) is 0 Å². The molecule has 0 aromatic heterocycles. The molecule has 3 nitrogen and oxygen atoms in total. The molecule has 0 rings (SSSR count). The normalized spacial score (nSPS) is 6.38. The standard InChI is InChI=1S/C4H8O2.CH5N/c1-2-6-4-3-5;1-2/h2,5H,1,3-4H2;2H2,1H3. The molecule has 0 radical (unpaired) electrons. The van der Waals surface area contributed by atoms with Crippen LogP contribution in [0, 0.1) is 0 Å². The van der Waals surface area contributed by atoms with Crippen molar-refractivity contribution in [3.05, 3.63) is 12.8 Å². The third-order valence-electron chi connectivity index (χ3n) is 0.327. The maximum atomic E-state index is 8.02. The Balaban J connectivity index is 0. The fourth-order valence-electron chi connectivity index (χ4n) is 0.136. The minimum absolute atomic E-state index is 0.0615. The molecule has 0 bridgehead atoms. The van der Waals surface area contributed by atoms with Gasteiger partial charge in [0.25, 0.3) is 0 Å². The van der Waals surface area contributed by atoms with Crippen molar-refractivity contribution in [3.8, 4) is 0 Å². The molecule has 0 unspecified atom stereocenters. The van der Waals surface area contributed by atoms with E-state index >= 15 is 0 Å². The van der Waals surface area contributed by atoms with Crippen LogP contribution in [0.4, 0.5) is 0 Å². The minimum Gasteiger partial charge on any atom is -0.499 e. The zero-order valence-corrected chi connectivity index (χ0v) is 5.13. The maximum absolute atomic E-state index is 8.02. The zero-order valence-electron chi connectivity index (χ0n) is 5.13. The number of aliphatic hydroxyl groups excluding tert-OH is 1. The fourth-order valence-corrected chi connectivity index (χ4v) is 0.136. The van der Waals surface area contributed by atoms with Crippen molar-refractivity contribution in [1.82, 2.24) is 0 Å². The number of rotatable bonds is 3. The Morgan fingerprint density at radius 2 is 2.25 bits per heavy atom. The Bertz CT molecular complexity index is 39.4. The van der Waals surface area contributed by atoms with Gasteiger partial charge >= 0.3 is 0 Å². The van der Waals surface area contributed by atoms with Crippen LogP contribution < -0.4 is 5.73 Å². The molecular weight excluding hydrogens is 106 g/mol. The van der Waals surface area contributed by atoms with Crippen LogP contribution in [0.5, 0.6) is 0 Å². The lowest BCUT2D eigenvalue weighted by Gasteiger charge is -1.89. The highest BCUT2D eigenvalue weighted by molar-refractivity contribution is 4.46. The van der Waals surface area contributed by atoms with E-state index in [9.17, 15) is 0 Å². The summed E-state index contributed by atoms with van der Waals surface area (Å²) in [7, 11) is 1.50. The molecular formula is C5H13NO2. The van der Waals surface area contributed by atoms with E-state index in [-0.39, 0.29) is 6.61 Å². The molecule has 0 saturated heterocycles. The lowest BCUT2D eigenvalue weighted by atomic mass is 10.8. The Hall–Kier alpha value is -0.540. The number of aliphatic hydroxyl groups is 1. The van der Waals surface area contributed by atoms with E-state index in [0.29, 0.717) is 6.61 Å². The summed E-state index contributed by atoms with van der Waals surface area (Å²) in [6, 6.07) is 0. The van der Waals surface area contributed by atoms with Crippen LogP contribution in [0.1, 0.15) is 0 Å². The van der Waals surface area contributed by atoms with Gasteiger partial charge in [-0.3, -0.25) is 0 Å². The van der Waals surface area contributed by atoms with Gasteiger partial charge in [-0.05, 0) is 7.05 Å². The first kappa shape index (κ1) is 10.4. The third kappa shape index (κ3) is 17.9. The largest absolute Gasteiger partial charge is 0.499 e. The van der Waals surface area contributed by atoms with E-state index in [1.165, 1.54) is 13.3 Å². The Kier molecular flexibility index (Phi) is 21.0. The van der Waals surface area contributed by atoms with Crippen LogP contribution in [-0.4, -0.2) is 25.4 Å². The summed E-state index contributed by atoms with van der Waals surface area (Å²) in [5.41, 5.74) is 4.50. The van der Waals surface area contributed by atoms with E-state index < -0.39 is 0 Å². The van der Waals surface area contributed by atoms with Gasteiger partial charge in [-0.2, -0.15) is 0 Å². The van der Waals surface area contributed by atoms with Crippen molar-refractivity contribution >= 4 is 0 Å². The van der Waals surface area contributed by atoms with Crippen molar-refractivity contribution < 1.29 is 9.84 Å². The highest BCUT2D eigenvalue weighted by atomic mass is 16.5. The summed E-state index contributed by atoms with van der Waals surface area (Å²) in [5.74, 6) is 0. The van der Waals surface area contributed by atoms with Gasteiger partial charge in [0.1, 0.15) is 6.61 Å². The molecule has 3 heteroatoms. The van der Waals surface area contributed by atoms with Crippen LogP contribution >= 0.6 is 0 Å². The predicted molar refractivity (Wildman–Crippen MR) is 33.3 cm³/mol. The monoisotopic (exact) mass is 119 g/mol. The van der Waals surface area contributed by atoms with Crippen molar-refractivity contribution in [2.45, 2.75) is 0 Å². The average Bonchev–Trinajstić information content (AvgIpc) is 1.88. The Morgan fingerprint density at radius 1 is 1.75 bits per heavy atom. The van der Waals surface area contributed by atoms with E-state index in [0.717, 1.165) is 0 Å². The molecule has 0 spiro atoms. The van der Waals surface area contributed by atoms with Gasteiger partial charge in [0.15, 0.2) is 0 Å². The summed E-state index contributed by atoms with van der Waals surface area (Å²) in [6.45, 7) is 3.68. The van der Waals surface area contributed by atoms with Gasteiger partial charge in [0.05, 0.1) is 12.9 Å². The summed E-state index contributed by atoms with van der Waals surface area (Å²) >= 11 is 0. The lowest BCUT2D eigenvalue weighted by Crippen LogP contribution is -1.90. The van der Waals surface area contributed by atoms with E-state index in [2.05, 4.69) is 17.0 Å². The summed E-state index contributed by atoms with van der Waals surface area (Å²) in [6.07, 6.45) is 1.30. The SMILES string of the molecule is C=COCCO.CN. The third-order valence-corrected chi connectivity index (χ3v) is 0.327. The van der Waals surface area contributed by atoms with Crippen LogP contribution in [0.3, 0.4) is 0 Å². The second-order valence-electron chi connectivity index (χ2n) is 0.761. The van der Waals surface area contributed by atoms with Crippen LogP contribution in [0.2, 0.25) is 0 Å². The minimum atomic E-state index is 0.0615. The Morgan fingerprint density at radius 3 is 2.38 bits per heavy atom. The second-order valence-corrected chi connectivity index (χ2v) is 0.761. The topological polar surface area (TPSA) is 55.5 Å². The van der Waals surface area contributed by atoms with Crippen LogP contribution in [0.15, 0.2) is 12.8 Å². The van der Waals surface area contributed by atoms with Crippen molar-refractivity contribution in [2.24, 2.45) is 5.73 Å². The molecule has 50 valence electrons. The molecule has 0 aliphatic heterocycles. The fraction of sp³-hybridized carbons (Fsp3) is 0.600. The van der Waals surface area contributed by atoms with Gasteiger partial charge in [-0.1, -0.05) is 6.58 Å². The molecule has 0 fully saturated rings. The number of hydrogen-bond donors (Lipinski definition) is 2. The molecule has 0 saturated carbocycles. The zero-order chi connectivity index (χ0) is 6.83. The van der Waals surface area contributed by atoms with Gasteiger partial charge in [0.2, 0.25) is 0 Å². The second kappa shape index (κ2) is 16.1. The van der Waals surface area contributed by atoms with Gasteiger partial charge in [0, 0.05) is 0 Å². The quantitative estimate of drug-likeness (QED) is 0.396. The molecule has 0 aromatic carbocycles. The number of nitrogens with two attached hydrogens (primary N) is 1. The molecule has 0 atom stereocenters. The molecule has 0 aliphatic carbocycles. The first-order valence-electron chi connectivity index (χ1n) is 2.33. The summed E-state index contributed by atoms with van der Waals surface area (Å²) < 4.78 is 4.50. The van der Waals surface area contributed by atoms with Crippen LogP contribution in [0.25, 0.3) is 0 Å². The summed E-state index contributed by atoms with van der Waals surface area (Å²) in [5, 5.41) is 8.02. The van der Waals surface area contributed by atoms with Gasteiger partial charge < -0.3 is 15.6 Å². The van der Waals surface area contributed by atoms with E-state index in [1.807, 2.05) is 0 Å². The maximum Gasteiger partial charge on any atom is 0.110 e. The molecule has 0 heterocycles. The predicted octanol–water partition coefficient (Wildman–Crippen LogP) is -0.286. The first-order valence-corrected chi connectivity index (χ1v) is 2.33. The van der Waals surface area contributed by atoms with Gasteiger partial charge in [-0.15, -0.1) is 0 Å². The molecule has 0 aliphatic rings. The lowest BCUT2D eigenvalue weighted by molar-refractivity contribution is 0.166. The number of hydrogen-bond acceptors (Lipinski definition) is 3. The highest BCUT2D eigenvalue weighted by Gasteiger charge is 1.69. The average molecular weight is 119 g/mol. The first-order chi connectivity index (χ1) is 3.91. The molecule has 8 heavy (non-hydrogen) atoms. The van der Waals surface area contributed by atoms with Crippen molar-refractivity contribution in [3.63, 3.8) is 0 Å². The van der Waals surface area contributed by atoms with Crippen molar-refractivity contribution in [2.75, 3.05) is 20.3 Å². The van der Waals surface area contributed by atoms with E-state index in [1.54, 1.807) is 0 Å². The van der Waals surface area contributed by atoms with Crippen LogP contribution in [-0.2, 0) is 4.74 Å². The smallest absolute Gasteiger partial charge is 0.110 e. The van der Waals surface area contributed by atoms with E-state index in [4.69, 9.17) is 5.11 Å². The molecule has 0 aromatic rings. The Labute approximate surface area is 49.8 Å². The highest BCUT2D eigenvalue weighted by Crippen LogP contribution is 1.67. The number of ether oxygens (including phenoxy) is 1. The van der Waals surface area contributed by atoms with Gasteiger partial charge in [-0.25, -0.2) is 0 Å². The molecule has 0 amide bonds. The molecule has 3 N–H and O–H groups in total.